The highest BCUT2D eigenvalue weighted by Gasteiger charge is 2.23. The van der Waals surface area contributed by atoms with Gasteiger partial charge in [0.1, 0.15) is 0 Å². The average molecular weight is 267 g/mol. The van der Waals surface area contributed by atoms with Gasteiger partial charge >= 0.3 is 0 Å². The minimum absolute atomic E-state index is 0.109. The van der Waals surface area contributed by atoms with Gasteiger partial charge in [0.05, 0.1) is 5.69 Å². The smallest absolute Gasteiger partial charge is 0.186 e. The molecule has 2 rings (SSSR count). The molecule has 3 nitrogen and oxygen atoms in total. The summed E-state index contributed by atoms with van der Waals surface area (Å²) in [7, 11) is 0. The molecule has 0 saturated carbocycles. The summed E-state index contributed by atoms with van der Waals surface area (Å²) in [6, 6.07) is 0.734. The highest BCUT2D eigenvalue weighted by molar-refractivity contribution is 7.15. The third-order valence-electron chi connectivity index (χ3n) is 3.67. The minimum atomic E-state index is 0.109. The molecule has 4 heteroatoms. The number of nitrogens with two attached hydrogens (primary N) is 1. The van der Waals surface area contributed by atoms with E-state index in [9.17, 15) is 0 Å². The van der Waals surface area contributed by atoms with Crippen molar-refractivity contribution in [3.8, 4) is 0 Å². The van der Waals surface area contributed by atoms with Gasteiger partial charge in [-0.15, -0.1) is 0 Å². The van der Waals surface area contributed by atoms with Crippen LogP contribution in [0.2, 0.25) is 0 Å². The van der Waals surface area contributed by atoms with E-state index in [2.05, 4.69) is 25.7 Å². The van der Waals surface area contributed by atoms with Crippen LogP contribution in [-0.2, 0) is 6.42 Å². The van der Waals surface area contributed by atoms with Crippen molar-refractivity contribution in [3.63, 3.8) is 0 Å². The Bertz CT molecular complexity index is 386. The van der Waals surface area contributed by atoms with Crippen molar-refractivity contribution in [2.75, 3.05) is 11.4 Å². The van der Waals surface area contributed by atoms with Gasteiger partial charge in [0.25, 0.3) is 0 Å². The van der Waals surface area contributed by atoms with Crippen molar-refractivity contribution in [3.05, 3.63) is 10.6 Å². The maximum Gasteiger partial charge on any atom is 0.186 e. The summed E-state index contributed by atoms with van der Waals surface area (Å²) in [6.07, 6.45) is 6.12. The van der Waals surface area contributed by atoms with E-state index < -0.39 is 0 Å². The number of rotatable bonds is 4. The molecule has 18 heavy (non-hydrogen) atoms. The van der Waals surface area contributed by atoms with Crippen LogP contribution in [0.15, 0.2) is 0 Å². The number of thiazole rings is 1. The summed E-state index contributed by atoms with van der Waals surface area (Å²) in [6.45, 7) is 7.73. The molecule has 1 fully saturated rings. The molecular formula is C14H25N3S. The lowest BCUT2D eigenvalue weighted by Crippen LogP contribution is -2.37. The predicted octanol–water partition coefficient (Wildman–Crippen LogP) is 3.49. The fourth-order valence-electron chi connectivity index (χ4n) is 2.63. The molecule has 0 radical (unpaired) electrons. The Morgan fingerprint density at radius 2 is 2.28 bits per heavy atom. The van der Waals surface area contributed by atoms with E-state index in [0.29, 0.717) is 6.04 Å². The van der Waals surface area contributed by atoms with Crippen molar-refractivity contribution in [2.45, 2.75) is 65.0 Å². The number of aromatic nitrogens is 1. The summed E-state index contributed by atoms with van der Waals surface area (Å²) in [4.78, 5) is 8.61. The molecule has 1 saturated heterocycles. The fourth-order valence-corrected chi connectivity index (χ4v) is 3.82. The second-order valence-electron chi connectivity index (χ2n) is 5.38. The Kier molecular flexibility index (Phi) is 4.62. The van der Waals surface area contributed by atoms with Gasteiger partial charge in [-0.1, -0.05) is 24.7 Å². The lowest BCUT2D eigenvalue weighted by atomic mass is 10.0. The predicted molar refractivity (Wildman–Crippen MR) is 79.4 cm³/mol. The number of anilines is 1. The van der Waals surface area contributed by atoms with Crippen LogP contribution in [0.3, 0.4) is 0 Å². The molecule has 0 aliphatic carbocycles. The normalized spacial score (nSPS) is 22.2. The first-order valence-corrected chi connectivity index (χ1v) is 7.97. The summed E-state index contributed by atoms with van der Waals surface area (Å²) in [5.74, 6) is 0. The van der Waals surface area contributed by atoms with Gasteiger partial charge in [-0.3, -0.25) is 0 Å². The lowest BCUT2D eigenvalue weighted by molar-refractivity contribution is 0.484. The largest absolute Gasteiger partial charge is 0.345 e. The number of piperidine rings is 1. The first kappa shape index (κ1) is 13.8. The van der Waals surface area contributed by atoms with Gasteiger partial charge in [0.15, 0.2) is 5.13 Å². The molecule has 2 atom stereocenters. The third kappa shape index (κ3) is 2.86. The molecule has 0 bridgehead atoms. The van der Waals surface area contributed by atoms with E-state index in [1.165, 1.54) is 35.0 Å². The van der Waals surface area contributed by atoms with Crippen LogP contribution < -0.4 is 10.6 Å². The number of hydrogen-bond donors (Lipinski definition) is 1. The number of aryl methyl sites for hydroxylation is 1. The van der Waals surface area contributed by atoms with Crippen LogP contribution in [0.25, 0.3) is 0 Å². The lowest BCUT2D eigenvalue weighted by Gasteiger charge is -2.33. The Balaban J connectivity index is 2.24. The van der Waals surface area contributed by atoms with Gasteiger partial charge in [-0.2, -0.15) is 0 Å². The molecule has 1 aliphatic heterocycles. The molecule has 1 aliphatic rings. The van der Waals surface area contributed by atoms with Crippen LogP contribution >= 0.6 is 11.3 Å². The molecule has 2 unspecified atom stereocenters. The van der Waals surface area contributed by atoms with E-state index in [-0.39, 0.29) is 6.04 Å². The quantitative estimate of drug-likeness (QED) is 0.908. The summed E-state index contributed by atoms with van der Waals surface area (Å²) < 4.78 is 0. The second-order valence-corrected chi connectivity index (χ2v) is 6.39. The van der Waals surface area contributed by atoms with E-state index in [1.54, 1.807) is 0 Å². The zero-order chi connectivity index (χ0) is 13.1. The zero-order valence-corrected chi connectivity index (χ0v) is 12.6. The maximum atomic E-state index is 6.07. The SMILES string of the molecule is CCCc1nc(N2CCCCC2C)sc1C(C)N. The van der Waals surface area contributed by atoms with Gasteiger partial charge < -0.3 is 10.6 Å². The topological polar surface area (TPSA) is 42.2 Å². The van der Waals surface area contributed by atoms with E-state index in [4.69, 9.17) is 10.7 Å². The molecule has 1 aromatic rings. The zero-order valence-electron chi connectivity index (χ0n) is 11.8. The Morgan fingerprint density at radius 3 is 2.89 bits per heavy atom. The van der Waals surface area contributed by atoms with E-state index in [0.717, 1.165) is 19.4 Å². The van der Waals surface area contributed by atoms with Crippen molar-refractivity contribution < 1.29 is 0 Å². The summed E-state index contributed by atoms with van der Waals surface area (Å²) in [5.41, 5.74) is 7.30. The minimum Gasteiger partial charge on any atom is -0.345 e. The summed E-state index contributed by atoms with van der Waals surface area (Å²) >= 11 is 1.81. The maximum absolute atomic E-state index is 6.07. The fraction of sp³-hybridized carbons (Fsp3) is 0.786. The van der Waals surface area contributed by atoms with E-state index in [1.807, 2.05) is 11.3 Å². The summed E-state index contributed by atoms with van der Waals surface area (Å²) in [5, 5.41) is 1.19. The molecule has 2 heterocycles. The third-order valence-corrected chi connectivity index (χ3v) is 5.00. The first-order valence-electron chi connectivity index (χ1n) is 7.15. The van der Waals surface area contributed by atoms with Gasteiger partial charge in [0.2, 0.25) is 0 Å². The van der Waals surface area contributed by atoms with Gasteiger partial charge in [-0.25, -0.2) is 4.98 Å². The Morgan fingerprint density at radius 1 is 1.50 bits per heavy atom. The Labute approximate surface area is 114 Å². The van der Waals surface area contributed by atoms with Crippen molar-refractivity contribution >= 4 is 16.5 Å². The highest BCUT2D eigenvalue weighted by atomic mass is 32.1. The van der Waals surface area contributed by atoms with Crippen LogP contribution in [0.4, 0.5) is 5.13 Å². The monoisotopic (exact) mass is 267 g/mol. The average Bonchev–Trinajstić information content (AvgIpc) is 2.74. The van der Waals surface area contributed by atoms with Crippen LogP contribution in [0.5, 0.6) is 0 Å². The van der Waals surface area contributed by atoms with Crippen molar-refractivity contribution in [1.29, 1.82) is 0 Å². The molecule has 1 aromatic heterocycles. The van der Waals surface area contributed by atoms with Crippen LogP contribution in [-0.4, -0.2) is 17.6 Å². The van der Waals surface area contributed by atoms with Gasteiger partial charge in [0, 0.05) is 23.5 Å². The van der Waals surface area contributed by atoms with Crippen LogP contribution in [0.1, 0.15) is 63.1 Å². The molecule has 102 valence electrons. The van der Waals surface area contributed by atoms with Crippen LogP contribution in [0, 0.1) is 0 Å². The number of nitrogens with zero attached hydrogens (tertiary/aromatic N) is 2. The molecule has 0 spiro atoms. The first-order chi connectivity index (χ1) is 8.63. The molecule has 0 amide bonds. The highest BCUT2D eigenvalue weighted by Crippen LogP contribution is 2.34. The Hall–Kier alpha value is -0.610. The standard InChI is InChI=1S/C14H25N3S/c1-4-7-12-13(11(3)15)18-14(16-12)17-9-6-5-8-10(17)2/h10-11H,4-9,15H2,1-3H3. The molecule has 0 aromatic carbocycles. The van der Waals surface area contributed by atoms with Gasteiger partial charge in [-0.05, 0) is 39.5 Å². The molecular weight excluding hydrogens is 242 g/mol. The van der Waals surface area contributed by atoms with Crippen molar-refractivity contribution in [2.24, 2.45) is 5.73 Å². The van der Waals surface area contributed by atoms with E-state index >= 15 is 0 Å². The second kappa shape index (κ2) is 6.02. The van der Waals surface area contributed by atoms with Crippen molar-refractivity contribution in [1.82, 2.24) is 4.98 Å². The number of hydrogen-bond acceptors (Lipinski definition) is 4. The molecule has 2 N–H and O–H groups in total.